The first-order chi connectivity index (χ1) is 19.4. The molecule has 194 valence electrons. The predicted octanol–water partition coefficient (Wildman–Crippen LogP) is 9.10. The number of nitrogens with zero attached hydrogens (tertiary/aromatic N) is 2. The number of carboxylic acids is 1. The van der Waals surface area contributed by atoms with Crippen LogP contribution in [0, 0.1) is 25.2 Å². The monoisotopic (exact) mass is 520 g/mol. The van der Waals surface area contributed by atoms with Crippen LogP contribution in [0.3, 0.4) is 0 Å². The lowest BCUT2D eigenvalue weighted by atomic mass is 9.99. The first-order valence-electron chi connectivity index (χ1n) is 13.0. The summed E-state index contributed by atoms with van der Waals surface area (Å²) in [5, 5.41) is 18.0. The van der Waals surface area contributed by atoms with Gasteiger partial charge in [-0.05, 0) is 84.1 Å². The molecule has 0 aromatic heterocycles. The summed E-state index contributed by atoms with van der Waals surface area (Å²) in [5.74, 6) is -1.23. The van der Waals surface area contributed by atoms with Crippen molar-refractivity contribution in [2.75, 3.05) is 4.90 Å². The second-order valence-corrected chi connectivity index (χ2v) is 9.73. The minimum Gasteiger partial charge on any atom is -0.477 e. The number of anilines is 3. The van der Waals surface area contributed by atoms with Gasteiger partial charge in [0.2, 0.25) is 0 Å². The van der Waals surface area contributed by atoms with Gasteiger partial charge in [-0.1, -0.05) is 96.1 Å². The van der Waals surface area contributed by atoms with Crippen molar-refractivity contribution in [2.45, 2.75) is 13.8 Å². The van der Waals surface area contributed by atoms with Gasteiger partial charge in [0.05, 0.1) is 0 Å². The summed E-state index contributed by atoms with van der Waals surface area (Å²) in [6, 6.07) is 43.3. The van der Waals surface area contributed by atoms with Crippen LogP contribution in [0.15, 0.2) is 127 Å². The molecule has 0 aliphatic heterocycles. The summed E-state index contributed by atoms with van der Waals surface area (Å²) < 4.78 is 0. The molecule has 4 heteroatoms. The van der Waals surface area contributed by atoms with Gasteiger partial charge >= 0.3 is 5.97 Å². The van der Waals surface area contributed by atoms with Crippen molar-refractivity contribution in [3.05, 3.63) is 144 Å². The Labute approximate surface area is 234 Å². The molecule has 40 heavy (non-hydrogen) atoms. The Hall–Kier alpha value is -5.40. The van der Waals surface area contributed by atoms with Crippen LogP contribution in [-0.2, 0) is 4.79 Å². The molecular weight excluding hydrogens is 492 g/mol. The molecule has 0 amide bonds. The van der Waals surface area contributed by atoms with E-state index in [1.54, 1.807) is 6.07 Å². The van der Waals surface area contributed by atoms with Gasteiger partial charge in [-0.3, -0.25) is 0 Å². The summed E-state index contributed by atoms with van der Waals surface area (Å²) in [7, 11) is 0. The molecule has 1 N–H and O–H groups in total. The van der Waals surface area contributed by atoms with E-state index in [1.165, 1.54) is 17.2 Å². The first-order valence-corrected chi connectivity index (χ1v) is 13.0. The van der Waals surface area contributed by atoms with Crippen LogP contribution < -0.4 is 4.90 Å². The third kappa shape index (κ3) is 5.85. The van der Waals surface area contributed by atoms with E-state index in [9.17, 15) is 4.79 Å². The van der Waals surface area contributed by atoms with Crippen molar-refractivity contribution in [2.24, 2.45) is 0 Å². The molecule has 0 aliphatic rings. The van der Waals surface area contributed by atoms with Gasteiger partial charge in [-0.15, -0.1) is 0 Å². The molecule has 0 unspecified atom stereocenters. The lowest BCUT2D eigenvalue weighted by Crippen LogP contribution is -2.09. The number of hydrogen-bond acceptors (Lipinski definition) is 3. The number of carboxylic acid groups (broad SMARTS) is 1. The van der Waals surface area contributed by atoms with Crippen LogP contribution in [0.5, 0.6) is 0 Å². The standard InChI is InChI=1S/C36H28N2O2/c1-25-3-17-33(18-4-25)38(34-19-5-26(2)6-20-34)35-21-15-31(16-22-35)30-13-11-29(12-14-30)28-9-7-27(8-10-28)23-32(24-37)36(39)40/h3-23H,1-2H3,(H,39,40). The van der Waals surface area contributed by atoms with Crippen LogP contribution in [0.1, 0.15) is 16.7 Å². The molecular formula is C36H28N2O2. The van der Waals surface area contributed by atoms with Crippen molar-refractivity contribution in [1.82, 2.24) is 0 Å². The minimum absolute atomic E-state index is 0.288. The number of rotatable bonds is 7. The maximum Gasteiger partial charge on any atom is 0.346 e. The number of aryl methyl sites for hydroxylation is 2. The molecule has 0 spiro atoms. The summed E-state index contributed by atoms with van der Waals surface area (Å²) in [6.07, 6.45) is 1.37. The van der Waals surface area contributed by atoms with Crippen molar-refractivity contribution < 1.29 is 9.90 Å². The molecule has 4 nitrogen and oxygen atoms in total. The van der Waals surface area contributed by atoms with E-state index in [2.05, 4.69) is 116 Å². The second-order valence-electron chi connectivity index (χ2n) is 9.73. The van der Waals surface area contributed by atoms with E-state index in [0.29, 0.717) is 5.56 Å². The molecule has 5 aromatic carbocycles. The Morgan fingerprint density at radius 1 is 0.600 bits per heavy atom. The Morgan fingerprint density at radius 3 is 1.27 bits per heavy atom. The minimum atomic E-state index is -1.23. The zero-order valence-corrected chi connectivity index (χ0v) is 22.4. The lowest BCUT2D eigenvalue weighted by molar-refractivity contribution is -0.132. The molecule has 0 bridgehead atoms. The maximum absolute atomic E-state index is 11.1. The van der Waals surface area contributed by atoms with Crippen molar-refractivity contribution in [3.8, 4) is 28.3 Å². The number of carbonyl (C=O) groups is 1. The highest BCUT2D eigenvalue weighted by Crippen LogP contribution is 2.36. The third-order valence-electron chi connectivity index (χ3n) is 6.83. The van der Waals surface area contributed by atoms with Gasteiger partial charge in [-0.25, -0.2) is 4.79 Å². The summed E-state index contributed by atoms with van der Waals surface area (Å²) in [5.41, 5.74) is 10.5. The molecule has 5 aromatic rings. The van der Waals surface area contributed by atoms with Crippen LogP contribution in [0.2, 0.25) is 0 Å². The van der Waals surface area contributed by atoms with E-state index >= 15 is 0 Å². The summed E-state index contributed by atoms with van der Waals surface area (Å²) in [6.45, 7) is 4.20. The number of benzene rings is 5. The first kappa shape index (κ1) is 26.2. The van der Waals surface area contributed by atoms with Gasteiger partial charge < -0.3 is 10.0 Å². The normalized spacial score (nSPS) is 11.1. The van der Waals surface area contributed by atoms with Gasteiger partial charge in [0.15, 0.2) is 0 Å². The van der Waals surface area contributed by atoms with E-state index in [0.717, 1.165) is 39.3 Å². The molecule has 0 atom stereocenters. The van der Waals surface area contributed by atoms with E-state index in [1.807, 2.05) is 24.3 Å². The maximum atomic E-state index is 11.1. The zero-order chi connectivity index (χ0) is 28.1. The number of aliphatic carboxylic acids is 1. The van der Waals surface area contributed by atoms with Crippen LogP contribution >= 0.6 is 0 Å². The highest BCUT2D eigenvalue weighted by molar-refractivity contribution is 5.96. The van der Waals surface area contributed by atoms with E-state index < -0.39 is 5.97 Å². The fourth-order valence-electron chi connectivity index (χ4n) is 4.57. The van der Waals surface area contributed by atoms with Crippen LogP contribution in [0.4, 0.5) is 17.1 Å². The number of hydrogen-bond donors (Lipinski definition) is 1. The Morgan fingerprint density at radius 2 is 0.925 bits per heavy atom. The summed E-state index contributed by atoms with van der Waals surface area (Å²) >= 11 is 0. The molecule has 0 aliphatic carbocycles. The van der Waals surface area contributed by atoms with Gasteiger partial charge in [0.25, 0.3) is 0 Å². The molecule has 5 rings (SSSR count). The van der Waals surface area contributed by atoms with E-state index in [-0.39, 0.29) is 5.57 Å². The van der Waals surface area contributed by atoms with Crippen molar-refractivity contribution in [3.63, 3.8) is 0 Å². The predicted molar refractivity (Wildman–Crippen MR) is 163 cm³/mol. The van der Waals surface area contributed by atoms with Gasteiger partial charge in [-0.2, -0.15) is 5.26 Å². The average Bonchev–Trinajstić information content (AvgIpc) is 2.98. The van der Waals surface area contributed by atoms with Crippen LogP contribution in [-0.4, -0.2) is 11.1 Å². The zero-order valence-electron chi connectivity index (χ0n) is 22.4. The Bertz CT molecular complexity index is 1650. The van der Waals surface area contributed by atoms with Gasteiger partial charge in [0.1, 0.15) is 11.6 Å². The second kappa shape index (κ2) is 11.6. The average molecular weight is 521 g/mol. The summed E-state index contributed by atoms with van der Waals surface area (Å²) in [4.78, 5) is 13.3. The topological polar surface area (TPSA) is 64.3 Å². The number of nitriles is 1. The third-order valence-corrected chi connectivity index (χ3v) is 6.83. The quantitative estimate of drug-likeness (QED) is 0.172. The SMILES string of the molecule is Cc1ccc(N(c2ccc(C)cc2)c2ccc(-c3ccc(-c4ccc(C=C(C#N)C(=O)O)cc4)cc3)cc2)cc1. The molecule has 0 radical (unpaired) electrons. The highest BCUT2D eigenvalue weighted by Gasteiger charge is 2.13. The largest absolute Gasteiger partial charge is 0.477 e. The molecule has 0 fully saturated rings. The van der Waals surface area contributed by atoms with Crippen LogP contribution in [0.25, 0.3) is 28.3 Å². The van der Waals surface area contributed by atoms with Gasteiger partial charge in [0, 0.05) is 17.1 Å². The lowest BCUT2D eigenvalue weighted by Gasteiger charge is -2.26. The molecule has 0 heterocycles. The molecule has 0 saturated carbocycles. The fourth-order valence-corrected chi connectivity index (χ4v) is 4.57. The molecule has 0 saturated heterocycles. The Balaban J connectivity index is 1.38. The van der Waals surface area contributed by atoms with E-state index in [4.69, 9.17) is 10.4 Å². The highest BCUT2D eigenvalue weighted by atomic mass is 16.4. The fraction of sp³-hybridized carbons (Fsp3) is 0.0556. The van der Waals surface area contributed by atoms with Crippen molar-refractivity contribution >= 4 is 29.1 Å². The Kier molecular flexibility index (Phi) is 7.57. The van der Waals surface area contributed by atoms with Crippen molar-refractivity contribution in [1.29, 1.82) is 5.26 Å². The smallest absolute Gasteiger partial charge is 0.346 e.